The molecule has 0 saturated carbocycles. The minimum absolute atomic E-state index is 0.105. The highest BCUT2D eigenvalue weighted by Gasteiger charge is 2.09. The quantitative estimate of drug-likeness (QED) is 0.941. The maximum atomic E-state index is 9.12. The number of benzene rings is 1. The molecule has 0 spiro atoms. The highest BCUT2D eigenvalue weighted by molar-refractivity contribution is 6.36. The predicted molar refractivity (Wildman–Crippen MR) is 72.0 cm³/mol. The van der Waals surface area contributed by atoms with Crippen LogP contribution in [-0.4, -0.2) is 15.1 Å². The molecule has 3 nitrogen and oxygen atoms in total. The molecule has 94 valence electrons. The van der Waals surface area contributed by atoms with Crippen LogP contribution in [0.15, 0.2) is 24.3 Å². The molecule has 1 N–H and O–H groups in total. The van der Waals surface area contributed by atoms with Crippen molar-refractivity contribution in [2.45, 2.75) is 20.0 Å². The summed E-state index contributed by atoms with van der Waals surface area (Å²) in [5.74, 6) is 0.606. The molecule has 0 aliphatic carbocycles. The van der Waals surface area contributed by atoms with Crippen molar-refractivity contribution < 1.29 is 5.11 Å². The number of hydrogen-bond donors (Lipinski definition) is 1. The second-order valence-electron chi connectivity index (χ2n) is 3.95. The fraction of sp³-hybridized carbons (Fsp3) is 0.231. The minimum atomic E-state index is -0.105. The van der Waals surface area contributed by atoms with E-state index in [9.17, 15) is 0 Å². The van der Waals surface area contributed by atoms with Gasteiger partial charge in [0.25, 0.3) is 0 Å². The molecule has 2 rings (SSSR count). The standard InChI is InChI=1S/C13H12Cl2N2O/c1-8-5-9(7-18)17-13(16-8)6-10-11(14)3-2-4-12(10)15/h2-5,18H,6-7H2,1H3. The van der Waals surface area contributed by atoms with Gasteiger partial charge in [0.1, 0.15) is 5.82 Å². The van der Waals surface area contributed by atoms with Gasteiger partial charge in [-0.2, -0.15) is 0 Å². The molecule has 2 aromatic rings. The van der Waals surface area contributed by atoms with Crippen LogP contribution >= 0.6 is 23.2 Å². The molecule has 18 heavy (non-hydrogen) atoms. The summed E-state index contributed by atoms with van der Waals surface area (Å²) in [6.45, 7) is 1.76. The van der Waals surface area contributed by atoms with Gasteiger partial charge in [0.05, 0.1) is 12.3 Å². The monoisotopic (exact) mass is 282 g/mol. The van der Waals surface area contributed by atoms with Gasteiger partial charge in [-0.05, 0) is 30.7 Å². The third-order valence-corrected chi connectivity index (χ3v) is 3.22. The van der Waals surface area contributed by atoms with Gasteiger partial charge in [0.15, 0.2) is 0 Å². The van der Waals surface area contributed by atoms with Crippen molar-refractivity contribution in [3.05, 3.63) is 57.1 Å². The lowest BCUT2D eigenvalue weighted by atomic mass is 10.1. The second kappa shape index (κ2) is 5.65. The van der Waals surface area contributed by atoms with Crippen LogP contribution in [-0.2, 0) is 13.0 Å². The van der Waals surface area contributed by atoms with Crippen LogP contribution in [0.4, 0.5) is 0 Å². The third kappa shape index (κ3) is 2.99. The minimum Gasteiger partial charge on any atom is -0.390 e. The summed E-state index contributed by atoms with van der Waals surface area (Å²) in [4.78, 5) is 8.57. The first-order valence-electron chi connectivity index (χ1n) is 5.47. The number of halogens is 2. The van der Waals surface area contributed by atoms with Gasteiger partial charge >= 0.3 is 0 Å². The Bertz CT molecular complexity index is 553. The first kappa shape index (κ1) is 13.3. The normalized spacial score (nSPS) is 10.7. The predicted octanol–water partition coefficient (Wildman–Crippen LogP) is 3.17. The van der Waals surface area contributed by atoms with E-state index in [-0.39, 0.29) is 6.61 Å². The Morgan fingerprint density at radius 3 is 2.44 bits per heavy atom. The third-order valence-electron chi connectivity index (χ3n) is 2.51. The number of hydrogen-bond acceptors (Lipinski definition) is 3. The lowest BCUT2D eigenvalue weighted by Gasteiger charge is -2.07. The van der Waals surface area contributed by atoms with Crippen molar-refractivity contribution >= 4 is 23.2 Å². The molecule has 0 unspecified atom stereocenters. The van der Waals surface area contributed by atoms with Crippen LogP contribution in [0.1, 0.15) is 22.8 Å². The molecule has 0 saturated heterocycles. The molecular weight excluding hydrogens is 271 g/mol. The lowest BCUT2D eigenvalue weighted by molar-refractivity contribution is 0.276. The summed E-state index contributed by atoms with van der Waals surface area (Å²) in [5, 5.41) is 10.3. The van der Waals surface area contributed by atoms with E-state index < -0.39 is 0 Å². The molecule has 0 aliphatic rings. The number of aliphatic hydroxyl groups is 1. The largest absolute Gasteiger partial charge is 0.390 e. The first-order valence-corrected chi connectivity index (χ1v) is 6.23. The van der Waals surface area contributed by atoms with E-state index in [2.05, 4.69) is 9.97 Å². The average molecular weight is 283 g/mol. The smallest absolute Gasteiger partial charge is 0.133 e. The highest BCUT2D eigenvalue weighted by atomic mass is 35.5. The zero-order valence-electron chi connectivity index (χ0n) is 9.82. The van der Waals surface area contributed by atoms with E-state index in [1.165, 1.54) is 0 Å². The molecular formula is C13H12Cl2N2O. The van der Waals surface area contributed by atoms with E-state index in [0.29, 0.717) is 28.0 Å². The van der Waals surface area contributed by atoms with Crippen LogP contribution in [0.5, 0.6) is 0 Å². The van der Waals surface area contributed by atoms with E-state index in [4.69, 9.17) is 28.3 Å². The van der Waals surface area contributed by atoms with Crippen molar-refractivity contribution in [3.8, 4) is 0 Å². The maximum Gasteiger partial charge on any atom is 0.133 e. The zero-order chi connectivity index (χ0) is 13.1. The Hall–Kier alpha value is -1.16. The highest BCUT2D eigenvalue weighted by Crippen LogP contribution is 2.26. The number of nitrogens with zero attached hydrogens (tertiary/aromatic N) is 2. The Kier molecular flexibility index (Phi) is 4.17. The fourth-order valence-corrected chi connectivity index (χ4v) is 2.25. The summed E-state index contributed by atoms with van der Waals surface area (Å²) in [5.41, 5.74) is 2.21. The van der Waals surface area contributed by atoms with Gasteiger partial charge in [0, 0.05) is 22.2 Å². The molecule has 1 heterocycles. The van der Waals surface area contributed by atoms with Crippen molar-refractivity contribution in [2.75, 3.05) is 0 Å². The van der Waals surface area contributed by atoms with E-state index in [0.717, 1.165) is 11.3 Å². The molecule has 1 aromatic carbocycles. The van der Waals surface area contributed by atoms with Crippen LogP contribution in [0.25, 0.3) is 0 Å². The zero-order valence-corrected chi connectivity index (χ0v) is 11.3. The van der Waals surface area contributed by atoms with Gasteiger partial charge in [0.2, 0.25) is 0 Å². The van der Waals surface area contributed by atoms with Crippen molar-refractivity contribution in [2.24, 2.45) is 0 Å². The van der Waals surface area contributed by atoms with Crippen molar-refractivity contribution in [1.29, 1.82) is 0 Å². The van der Waals surface area contributed by atoms with Crippen LogP contribution < -0.4 is 0 Å². The van der Waals surface area contributed by atoms with E-state index in [1.807, 2.05) is 6.92 Å². The van der Waals surface area contributed by atoms with Crippen LogP contribution in [0, 0.1) is 6.92 Å². The summed E-state index contributed by atoms with van der Waals surface area (Å²) in [7, 11) is 0. The summed E-state index contributed by atoms with van der Waals surface area (Å²) in [6, 6.07) is 7.11. The summed E-state index contributed by atoms with van der Waals surface area (Å²) >= 11 is 12.2. The topological polar surface area (TPSA) is 46.0 Å². The van der Waals surface area contributed by atoms with E-state index >= 15 is 0 Å². The molecule has 0 radical (unpaired) electrons. The average Bonchev–Trinajstić information content (AvgIpc) is 2.33. The maximum absolute atomic E-state index is 9.12. The molecule has 0 fully saturated rings. The van der Waals surface area contributed by atoms with Crippen molar-refractivity contribution in [3.63, 3.8) is 0 Å². The molecule has 5 heteroatoms. The fourth-order valence-electron chi connectivity index (χ4n) is 1.72. The number of aromatic nitrogens is 2. The van der Waals surface area contributed by atoms with Gasteiger partial charge < -0.3 is 5.11 Å². The van der Waals surface area contributed by atoms with Gasteiger partial charge in [-0.25, -0.2) is 9.97 Å². The van der Waals surface area contributed by atoms with E-state index in [1.54, 1.807) is 24.3 Å². The molecule has 0 atom stereocenters. The Morgan fingerprint density at radius 2 is 1.83 bits per heavy atom. The van der Waals surface area contributed by atoms with Gasteiger partial charge in [-0.3, -0.25) is 0 Å². The molecule has 0 aliphatic heterocycles. The molecule has 1 aromatic heterocycles. The number of aliphatic hydroxyl groups excluding tert-OH is 1. The van der Waals surface area contributed by atoms with Gasteiger partial charge in [-0.1, -0.05) is 29.3 Å². The van der Waals surface area contributed by atoms with Crippen molar-refractivity contribution in [1.82, 2.24) is 9.97 Å². The lowest BCUT2D eigenvalue weighted by Crippen LogP contribution is -2.03. The van der Waals surface area contributed by atoms with Gasteiger partial charge in [-0.15, -0.1) is 0 Å². The summed E-state index contributed by atoms with van der Waals surface area (Å²) < 4.78 is 0. The second-order valence-corrected chi connectivity index (χ2v) is 4.77. The number of aryl methyl sites for hydroxylation is 1. The van der Waals surface area contributed by atoms with Crippen LogP contribution in [0.3, 0.4) is 0 Å². The summed E-state index contributed by atoms with van der Waals surface area (Å²) in [6.07, 6.45) is 0.452. The number of rotatable bonds is 3. The Balaban J connectivity index is 2.37. The SMILES string of the molecule is Cc1cc(CO)nc(Cc2c(Cl)cccc2Cl)n1. The Labute approximate surface area is 115 Å². The Morgan fingerprint density at radius 1 is 1.17 bits per heavy atom. The molecule has 0 amide bonds. The first-order chi connectivity index (χ1) is 8.60. The molecule has 0 bridgehead atoms. The van der Waals surface area contributed by atoms with Crippen LogP contribution in [0.2, 0.25) is 10.0 Å².